The van der Waals surface area contributed by atoms with Gasteiger partial charge in [0.15, 0.2) is 9.84 Å². The van der Waals surface area contributed by atoms with Gasteiger partial charge in [0.25, 0.3) is 0 Å². The van der Waals surface area contributed by atoms with Gasteiger partial charge >= 0.3 is 0 Å². The molecule has 1 aliphatic rings. The fourth-order valence-electron chi connectivity index (χ4n) is 2.97. The van der Waals surface area contributed by atoms with Crippen LogP contribution < -0.4 is 4.90 Å². The predicted molar refractivity (Wildman–Crippen MR) is 95.2 cm³/mol. The summed E-state index contributed by atoms with van der Waals surface area (Å²) in [5.41, 5.74) is 1.06. The number of sulfone groups is 1. The molecule has 0 aromatic heterocycles. The number of rotatable bonds is 4. The highest BCUT2D eigenvalue weighted by Crippen LogP contribution is 2.30. The average molecular weight is 382 g/mol. The second-order valence-electron chi connectivity index (χ2n) is 5.92. The van der Waals surface area contributed by atoms with Gasteiger partial charge < -0.3 is 4.90 Å². The summed E-state index contributed by atoms with van der Waals surface area (Å²) in [6, 6.07) is 10.5. The number of carbonyl (C=O) groups is 1. The maximum atomic E-state index is 14.1. The van der Waals surface area contributed by atoms with E-state index in [2.05, 4.69) is 0 Å². The van der Waals surface area contributed by atoms with E-state index < -0.39 is 15.7 Å². The Labute approximate surface area is 151 Å². The zero-order chi connectivity index (χ0) is 18.0. The molecule has 3 rings (SSSR count). The molecule has 0 saturated carbocycles. The van der Waals surface area contributed by atoms with E-state index in [4.69, 9.17) is 11.6 Å². The Morgan fingerprint density at radius 2 is 1.88 bits per heavy atom. The van der Waals surface area contributed by atoms with Crippen molar-refractivity contribution < 1.29 is 17.6 Å². The third-order valence-electron chi connectivity index (χ3n) is 4.23. The number of benzene rings is 2. The maximum absolute atomic E-state index is 14.1. The van der Waals surface area contributed by atoms with Crippen LogP contribution in [0.3, 0.4) is 0 Å². The predicted octanol–water partition coefficient (Wildman–Crippen LogP) is 3.62. The Morgan fingerprint density at radius 1 is 1.16 bits per heavy atom. The van der Waals surface area contributed by atoms with Crippen molar-refractivity contribution in [2.75, 3.05) is 17.2 Å². The molecule has 0 N–H and O–H groups in total. The normalized spacial score (nSPS) is 14.2. The molecule has 0 bridgehead atoms. The highest BCUT2D eigenvalue weighted by atomic mass is 35.5. The van der Waals surface area contributed by atoms with E-state index in [0.717, 1.165) is 12.0 Å². The Balaban J connectivity index is 1.75. The number of aryl methyl sites for hydroxylation is 1. The Bertz CT molecular complexity index is 897. The molecule has 2 aromatic carbocycles. The lowest BCUT2D eigenvalue weighted by molar-refractivity contribution is -0.118. The second kappa shape index (κ2) is 7.14. The van der Waals surface area contributed by atoms with E-state index in [1.165, 1.54) is 35.2 Å². The molecule has 2 aromatic rings. The van der Waals surface area contributed by atoms with Crippen molar-refractivity contribution in [3.05, 3.63) is 58.9 Å². The van der Waals surface area contributed by atoms with Crippen molar-refractivity contribution in [2.24, 2.45) is 0 Å². The zero-order valence-corrected chi connectivity index (χ0v) is 15.0. The Kier molecular flexibility index (Phi) is 5.11. The first-order valence-corrected chi connectivity index (χ1v) is 9.97. The Morgan fingerprint density at radius 3 is 2.60 bits per heavy atom. The number of anilines is 1. The maximum Gasteiger partial charge on any atom is 0.228 e. The van der Waals surface area contributed by atoms with Crippen molar-refractivity contribution in [3.63, 3.8) is 0 Å². The average Bonchev–Trinajstić information content (AvgIpc) is 2.60. The van der Waals surface area contributed by atoms with Gasteiger partial charge in [0.1, 0.15) is 5.82 Å². The van der Waals surface area contributed by atoms with Crippen LogP contribution in [0.15, 0.2) is 47.4 Å². The number of hydrogen-bond acceptors (Lipinski definition) is 3. The van der Waals surface area contributed by atoms with Crippen LogP contribution in [-0.4, -0.2) is 26.6 Å². The van der Waals surface area contributed by atoms with Crippen LogP contribution >= 0.6 is 11.6 Å². The minimum atomic E-state index is -3.60. The third-order valence-corrected chi connectivity index (χ3v) is 6.21. The fourth-order valence-corrected chi connectivity index (χ4v) is 4.33. The number of para-hydroxylation sites is 1. The number of amides is 1. The van der Waals surface area contributed by atoms with Gasteiger partial charge in [-0.15, -0.1) is 0 Å². The summed E-state index contributed by atoms with van der Waals surface area (Å²) in [5, 5.41) is 0.440. The lowest BCUT2D eigenvalue weighted by atomic mass is 10.0. The summed E-state index contributed by atoms with van der Waals surface area (Å²) in [4.78, 5) is 14.0. The highest BCUT2D eigenvalue weighted by Gasteiger charge is 2.26. The van der Waals surface area contributed by atoms with E-state index in [9.17, 15) is 17.6 Å². The fraction of sp³-hybridized carbons (Fsp3) is 0.278. The van der Waals surface area contributed by atoms with Crippen molar-refractivity contribution in [1.29, 1.82) is 0 Å². The topological polar surface area (TPSA) is 54.5 Å². The second-order valence-corrected chi connectivity index (χ2v) is 8.46. The van der Waals surface area contributed by atoms with E-state index >= 15 is 0 Å². The number of nitrogens with zero attached hydrogens (tertiary/aromatic N) is 1. The molecule has 0 aliphatic carbocycles. The first kappa shape index (κ1) is 17.9. The number of fused-ring (bicyclic) bond motifs is 1. The zero-order valence-electron chi connectivity index (χ0n) is 13.4. The summed E-state index contributed by atoms with van der Waals surface area (Å²) in [7, 11) is -3.60. The van der Waals surface area contributed by atoms with Crippen LogP contribution in [0.4, 0.5) is 10.1 Å². The summed E-state index contributed by atoms with van der Waals surface area (Å²) in [6.07, 6.45) is 1.24. The molecule has 0 saturated heterocycles. The molecule has 1 amide bonds. The molecule has 7 heteroatoms. The highest BCUT2D eigenvalue weighted by molar-refractivity contribution is 7.91. The summed E-state index contributed by atoms with van der Waals surface area (Å²) < 4.78 is 38.8. The van der Waals surface area contributed by atoms with Gasteiger partial charge in [-0.3, -0.25) is 4.79 Å². The summed E-state index contributed by atoms with van der Waals surface area (Å²) >= 11 is 5.76. The molecule has 1 heterocycles. The Hall–Kier alpha value is -1.92. The van der Waals surface area contributed by atoms with Crippen molar-refractivity contribution >= 4 is 33.0 Å². The van der Waals surface area contributed by atoms with Crippen LogP contribution in [0.5, 0.6) is 0 Å². The van der Waals surface area contributed by atoms with Gasteiger partial charge in [-0.25, -0.2) is 12.8 Å². The van der Waals surface area contributed by atoms with E-state index in [0.29, 0.717) is 18.0 Å². The molecule has 4 nitrogen and oxygen atoms in total. The third kappa shape index (κ3) is 3.85. The van der Waals surface area contributed by atoms with Gasteiger partial charge in [-0.2, -0.15) is 0 Å². The standard InChI is InChI=1S/C18H17ClFNO3S/c19-14-6-8-15(9-7-14)25(23,24)12-10-17(22)21-11-2-4-13-3-1-5-16(20)18(13)21/h1,3,5-9H,2,4,10-12H2. The van der Waals surface area contributed by atoms with E-state index in [1.54, 1.807) is 12.1 Å². The van der Waals surface area contributed by atoms with Crippen molar-refractivity contribution in [3.8, 4) is 0 Å². The van der Waals surface area contributed by atoms with Crippen LogP contribution in [0.2, 0.25) is 5.02 Å². The first-order chi connectivity index (χ1) is 11.9. The largest absolute Gasteiger partial charge is 0.309 e. The van der Waals surface area contributed by atoms with E-state index in [1.807, 2.05) is 0 Å². The first-order valence-electron chi connectivity index (χ1n) is 7.94. The molecular weight excluding hydrogens is 365 g/mol. The minimum Gasteiger partial charge on any atom is -0.309 e. The lowest BCUT2D eigenvalue weighted by Gasteiger charge is -2.29. The van der Waals surface area contributed by atoms with Gasteiger partial charge in [0.05, 0.1) is 16.3 Å². The monoisotopic (exact) mass is 381 g/mol. The molecule has 0 radical (unpaired) electrons. The lowest BCUT2D eigenvalue weighted by Crippen LogP contribution is -2.37. The van der Waals surface area contributed by atoms with Gasteiger partial charge in [0.2, 0.25) is 5.91 Å². The molecular formula is C18H17ClFNO3S. The minimum absolute atomic E-state index is 0.120. The molecule has 132 valence electrons. The van der Waals surface area contributed by atoms with Crippen molar-refractivity contribution in [1.82, 2.24) is 0 Å². The van der Waals surface area contributed by atoms with Crippen molar-refractivity contribution in [2.45, 2.75) is 24.2 Å². The number of carbonyl (C=O) groups excluding carboxylic acids is 1. The van der Waals surface area contributed by atoms with Crippen LogP contribution in [0, 0.1) is 5.82 Å². The van der Waals surface area contributed by atoms with Crippen LogP contribution in [-0.2, 0) is 21.1 Å². The molecule has 0 fully saturated rings. The molecule has 0 atom stereocenters. The van der Waals surface area contributed by atoms with E-state index in [-0.39, 0.29) is 28.7 Å². The molecule has 1 aliphatic heterocycles. The van der Waals surface area contributed by atoms with Crippen LogP contribution in [0.1, 0.15) is 18.4 Å². The molecule has 0 unspecified atom stereocenters. The number of halogens is 2. The quantitative estimate of drug-likeness (QED) is 0.812. The SMILES string of the molecule is O=C(CCS(=O)(=O)c1ccc(Cl)cc1)N1CCCc2cccc(F)c21. The van der Waals surface area contributed by atoms with Gasteiger partial charge in [-0.05, 0) is 48.7 Å². The van der Waals surface area contributed by atoms with Crippen LogP contribution in [0.25, 0.3) is 0 Å². The summed E-state index contributed by atoms with van der Waals surface area (Å²) in [5.74, 6) is -1.16. The smallest absolute Gasteiger partial charge is 0.228 e. The molecule has 0 spiro atoms. The number of hydrogen-bond donors (Lipinski definition) is 0. The summed E-state index contributed by atoms with van der Waals surface area (Å²) in [6.45, 7) is 0.397. The molecule has 25 heavy (non-hydrogen) atoms. The van der Waals surface area contributed by atoms with Gasteiger partial charge in [0, 0.05) is 18.0 Å². The van der Waals surface area contributed by atoms with Gasteiger partial charge in [-0.1, -0.05) is 23.7 Å².